The van der Waals surface area contributed by atoms with Gasteiger partial charge in [0.05, 0.1) is 0 Å². The summed E-state index contributed by atoms with van der Waals surface area (Å²) < 4.78 is 2.08. The zero-order valence-corrected chi connectivity index (χ0v) is 11.4. The van der Waals surface area contributed by atoms with Crippen LogP contribution in [0.2, 0.25) is 0 Å². The van der Waals surface area contributed by atoms with Crippen LogP contribution in [0.15, 0.2) is 30.6 Å². The number of rotatable bonds is 5. The van der Waals surface area contributed by atoms with Gasteiger partial charge in [-0.1, -0.05) is 25.1 Å². The minimum absolute atomic E-state index is 0.898. The monoisotopic (exact) mass is 243 g/mol. The third-order valence-electron chi connectivity index (χ3n) is 3.26. The van der Waals surface area contributed by atoms with Gasteiger partial charge in [0, 0.05) is 32.4 Å². The molecular formula is C15H21N3. The maximum absolute atomic E-state index is 4.39. The van der Waals surface area contributed by atoms with Crippen LogP contribution in [0.25, 0.3) is 0 Å². The van der Waals surface area contributed by atoms with Crippen molar-refractivity contribution in [1.82, 2.24) is 14.9 Å². The summed E-state index contributed by atoms with van der Waals surface area (Å²) in [5, 5.41) is 3.36. The van der Waals surface area contributed by atoms with E-state index in [2.05, 4.69) is 46.9 Å². The minimum Gasteiger partial charge on any atom is -0.338 e. The summed E-state index contributed by atoms with van der Waals surface area (Å²) in [4.78, 5) is 4.39. The Hall–Kier alpha value is -1.61. The SMILES string of the molecule is CCNCc1ccc(C)c(Cc2nccn2C)c1. The maximum Gasteiger partial charge on any atom is 0.112 e. The van der Waals surface area contributed by atoms with E-state index in [0.717, 1.165) is 25.3 Å². The van der Waals surface area contributed by atoms with Crippen molar-refractivity contribution in [3.8, 4) is 0 Å². The normalized spacial score (nSPS) is 10.8. The van der Waals surface area contributed by atoms with E-state index in [1.807, 2.05) is 19.4 Å². The van der Waals surface area contributed by atoms with Gasteiger partial charge >= 0.3 is 0 Å². The number of benzene rings is 1. The van der Waals surface area contributed by atoms with Crippen LogP contribution in [0.3, 0.4) is 0 Å². The highest BCUT2D eigenvalue weighted by atomic mass is 15.0. The number of nitrogens with zero attached hydrogens (tertiary/aromatic N) is 2. The summed E-state index contributed by atoms with van der Waals surface area (Å²) in [5.41, 5.74) is 4.03. The van der Waals surface area contributed by atoms with Crippen molar-refractivity contribution in [3.63, 3.8) is 0 Å². The molecule has 96 valence electrons. The predicted molar refractivity (Wildman–Crippen MR) is 74.6 cm³/mol. The van der Waals surface area contributed by atoms with E-state index >= 15 is 0 Å². The predicted octanol–water partition coefficient (Wildman–Crippen LogP) is 2.43. The number of hydrogen-bond acceptors (Lipinski definition) is 2. The second-order valence-corrected chi connectivity index (χ2v) is 4.67. The van der Waals surface area contributed by atoms with Gasteiger partial charge in [-0.2, -0.15) is 0 Å². The van der Waals surface area contributed by atoms with Crippen LogP contribution in [0, 0.1) is 6.92 Å². The molecule has 1 aromatic heterocycles. The Kier molecular flexibility index (Phi) is 4.15. The fourth-order valence-electron chi connectivity index (χ4n) is 2.03. The van der Waals surface area contributed by atoms with Crippen molar-refractivity contribution in [1.29, 1.82) is 0 Å². The molecular weight excluding hydrogens is 222 g/mol. The van der Waals surface area contributed by atoms with E-state index in [1.54, 1.807) is 0 Å². The first-order valence-corrected chi connectivity index (χ1v) is 6.46. The Labute approximate surface area is 109 Å². The molecule has 1 N–H and O–H groups in total. The molecule has 2 rings (SSSR count). The number of imidazole rings is 1. The standard InChI is InChI=1S/C15H21N3/c1-4-16-11-13-6-5-12(2)14(9-13)10-15-17-7-8-18(15)3/h5-9,16H,4,10-11H2,1-3H3. The van der Waals surface area contributed by atoms with Gasteiger partial charge in [-0.05, 0) is 30.2 Å². The average Bonchev–Trinajstić information content (AvgIpc) is 2.76. The molecule has 2 aromatic rings. The molecule has 0 unspecified atom stereocenters. The summed E-state index contributed by atoms with van der Waals surface area (Å²) in [5.74, 6) is 1.11. The fourth-order valence-corrected chi connectivity index (χ4v) is 2.03. The van der Waals surface area contributed by atoms with Crippen molar-refractivity contribution in [3.05, 3.63) is 53.1 Å². The Balaban J connectivity index is 2.18. The zero-order chi connectivity index (χ0) is 13.0. The van der Waals surface area contributed by atoms with Gasteiger partial charge in [0.25, 0.3) is 0 Å². The lowest BCUT2D eigenvalue weighted by Crippen LogP contribution is -2.12. The second kappa shape index (κ2) is 5.83. The summed E-state index contributed by atoms with van der Waals surface area (Å²) in [6.45, 7) is 6.23. The van der Waals surface area contributed by atoms with E-state index in [-0.39, 0.29) is 0 Å². The molecule has 18 heavy (non-hydrogen) atoms. The first kappa shape index (κ1) is 12.8. The van der Waals surface area contributed by atoms with Crippen LogP contribution in [0.1, 0.15) is 29.4 Å². The molecule has 0 aliphatic carbocycles. The Morgan fingerprint density at radius 2 is 2.17 bits per heavy atom. The molecule has 0 aliphatic rings. The minimum atomic E-state index is 0.898. The van der Waals surface area contributed by atoms with E-state index < -0.39 is 0 Å². The number of hydrogen-bond donors (Lipinski definition) is 1. The average molecular weight is 243 g/mol. The lowest BCUT2D eigenvalue weighted by atomic mass is 10.0. The van der Waals surface area contributed by atoms with Crippen LogP contribution < -0.4 is 5.32 Å². The summed E-state index contributed by atoms with van der Waals surface area (Å²) >= 11 is 0. The molecule has 0 fully saturated rings. The van der Waals surface area contributed by atoms with E-state index in [1.165, 1.54) is 16.7 Å². The summed E-state index contributed by atoms with van der Waals surface area (Å²) in [6.07, 6.45) is 4.75. The van der Waals surface area contributed by atoms with Crippen LogP contribution in [-0.4, -0.2) is 16.1 Å². The topological polar surface area (TPSA) is 29.9 Å². The zero-order valence-electron chi connectivity index (χ0n) is 11.4. The highest BCUT2D eigenvalue weighted by Crippen LogP contribution is 2.15. The molecule has 0 aliphatic heterocycles. The Morgan fingerprint density at radius 1 is 1.33 bits per heavy atom. The Bertz CT molecular complexity index is 514. The second-order valence-electron chi connectivity index (χ2n) is 4.67. The van der Waals surface area contributed by atoms with Gasteiger partial charge in [-0.25, -0.2) is 4.98 Å². The molecule has 0 bridgehead atoms. The van der Waals surface area contributed by atoms with Gasteiger partial charge in [-0.15, -0.1) is 0 Å². The van der Waals surface area contributed by atoms with Crippen LogP contribution >= 0.6 is 0 Å². The molecule has 0 saturated heterocycles. The van der Waals surface area contributed by atoms with Gasteiger partial charge in [0.2, 0.25) is 0 Å². The number of aryl methyl sites for hydroxylation is 2. The summed E-state index contributed by atoms with van der Waals surface area (Å²) in [7, 11) is 2.04. The lowest BCUT2D eigenvalue weighted by molar-refractivity contribution is 0.725. The van der Waals surface area contributed by atoms with Gasteiger partial charge in [0.1, 0.15) is 5.82 Å². The smallest absolute Gasteiger partial charge is 0.112 e. The number of aromatic nitrogens is 2. The first-order chi connectivity index (χ1) is 8.70. The van der Waals surface area contributed by atoms with Gasteiger partial charge in [0.15, 0.2) is 0 Å². The summed E-state index contributed by atoms with van der Waals surface area (Å²) in [6, 6.07) is 6.68. The van der Waals surface area contributed by atoms with Crippen molar-refractivity contribution in [2.45, 2.75) is 26.8 Å². The lowest BCUT2D eigenvalue weighted by Gasteiger charge is -2.09. The highest BCUT2D eigenvalue weighted by Gasteiger charge is 2.05. The molecule has 3 heteroatoms. The van der Waals surface area contributed by atoms with Crippen molar-refractivity contribution >= 4 is 0 Å². The maximum atomic E-state index is 4.39. The molecule has 0 atom stereocenters. The third-order valence-corrected chi connectivity index (χ3v) is 3.26. The molecule has 0 saturated carbocycles. The molecule has 0 amide bonds. The molecule has 1 heterocycles. The fraction of sp³-hybridized carbons (Fsp3) is 0.400. The van der Waals surface area contributed by atoms with Crippen LogP contribution in [0.4, 0.5) is 0 Å². The van der Waals surface area contributed by atoms with Crippen LogP contribution in [0.5, 0.6) is 0 Å². The first-order valence-electron chi connectivity index (χ1n) is 6.46. The van der Waals surface area contributed by atoms with Crippen molar-refractivity contribution in [2.24, 2.45) is 7.05 Å². The van der Waals surface area contributed by atoms with E-state index in [9.17, 15) is 0 Å². The van der Waals surface area contributed by atoms with Crippen molar-refractivity contribution < 1.29 is 0 Å². The molecule has 1 aromatic carbocycles. The Morgan fingerprint density at radius 3 is 2.83 bits per heavy atom. The molecule has 0 radical (unpaired) electrons. The number of nitrogens with one attached hydrogen (secondary N) is 1. The van der Waals surface area contributed by atoms with E-state index in [4.69, 9.17) is 0 Å². The van der Waals surface area contributed by atoms with Gasteiger partial charge in [-0.3, -0.25) is 0 Å². The molecule has 0 spiro atoms. The molecule has 3 nitrogen and oxygen atoms in total. The quantitative estimate of drug-likeness (QED) is 0.874. The van der Waals surface area contributed by atoms with Crippen LogP contribution in [-0.2, 0) is 20.0 Å². The third kappa shape index (κ3) is 2.99. The van der Waals surface area contributed by atoms with E-state index in [0.29, 0.717) is 0 Å². The highest BCUT2D eigenvalue weighted by molar-refractivity contribution is 5.33. The van der Waals surface area contributed by atoms with Gasteiger partial charge < -0.3 is 9.88 Å². The van der Waals surface area contributed by atoms with Crippen molar-refractivity contribution in [2.75, 3.05) is 6.54 Å². The largest absolute Gasteiger partial charge is 0.338 e.